The number of hydrogen-bond acceptors (Lipinski definition) is 4. The van der Waals surface area contributed by atoms with Gasteiger partial charge in [0.25, 0.3) is 0 Å². The third-order valence-electron chi connectivity index (χ3n) is 5.69. The number of aliphatic imine (C=N–C) groups is 1. The van der Waals surface area contributed by atoms with Crippen LogP contribution in [0.25, 0.3) is 0 Å². The number of carbonyl (C=O) groups excluding carboxylic acids is 1. The molecular weight excluding hydrogens is 364 g/mol. The predicted molar refractivity (Wildman–Crippen MR) is 120 cm³/mol. The molecule has 0 radical (unpaired) electrons. The van der Waals surface area contributed by atoms with E-state index in [1.165, 1.54) is 37.7 Å². The molecule has 0 N–H and O–H groups in total. The fraction of sp³-hybridized carbons (Fsp3) is 0.417. The summed E-state index contributed by atoms with van der Waals surface area (Å²) in [4.78, 5) is 19.8. The molecule has 0 aromatic heterocycles. The van der Waals surface area contributed by atoms with Crippen LogP contribution in [0.15, 0.2) is 59.6 Å². The van der Waals surface area contributed by atoms with E-state index in [1.54, 1.807) is 11.8 Å². The van der Waals surface area contributed by atoms with E-state index in [0.29, 0.717) is 12.5 Å². The lowest BCUT2D eigenvalue weighted by Crippen LogP contribution is -2.35. The Morgan fingerprint density at radius 3 is 2.39 bits per heavy atom. The summed E-state index contributed by atoms with van der Waals surface area (Å²) in [6.07, 6.45) is 7.70. The molecule has 1 aliphatic heterocycles. The third-order valence-corrected chi connectivity index (χ3v) is 6.79. The number of rotatable bonds is 5. The Balaban J connectivity index is 1.50. The summed E-state index contributed by atoms with van der Waals surface area (Å²) in [6, 6.07) is 18.5. The number of hydrogen-bond donors (Lipinski definition) is 0. The zero-order valence-electron chi connectivity index (χ0n) is 16.3. The molecule has 1 heterocycles. The van der Waals surface area contributed by atoms with Crippen LogP contribution in [0.5, 0.6) is 0 Å². The Labute approximate surface area is 172 Å². The predicted octanol–water partition coefficient (Wildman–Crippen LogP) is 5.92. The molecule has 1 aliphatic carbocycles. The summed E-state index contributed by atoms with van der Waals surface area (Å²) >= 11 is 1.75. The van der Waals surface area contributed by atoms with E-state index in [2.05, 4.69) is 34.2 Å². The van der Waals surface area contributed by atoms with Crippen molar-refractivity contribution in [3.63, 3.8) is 0 Å². The van der Waals surface area contributed by atoms with Gasteiger partial charge in [0.15, 0.2) is 11.0 Å². The molecule has 0 saturated heterocycles. The number of benzene rings is 2. The molecule has 0 unspecified atom stereocenters. The number of para-hydroxylation sites is 1. The van der Waals surface area contributed by atoms with Gasteiger partial charge >= 0.3 is 0 Å². The van der Waals surface area contributed by atoms with Crippen LogP contribution in [0.4, 0.5) is 5.69 Å². The highest BCUT2D eigenvalue weighted by Crippen LogP contribution is 2.32. The topological polar surface area (TPSA) is 32.7 Å². The lowest BCUT2D eigenvalue weighted by atomic mass is 9.84. The van der Waals surface area contributed by atoms with Crippen molar-refractivity contribution in [3.05, 3.63) is 65.7 Å². The van der Waals surface area contributed by atoms with Gasteiger partial charge in [0.2, 0.25) is 0 Å². The first-order valence-corrected chi connectivity index (χ1v) is 11.4. The standard InChI is InChI=1S/C24H28N2OS/c27-23(21-14-12-20(13-15-21)19-8-3-1-4-9-19)18-26(22-10-5-2-6-11-22)24-25-16-7-17-28-24/h2,5-6,10-15,19H,1,3-4,7-9,16-18H2. The van der Waals surface area contributed by atoms with E-state index in [9.17, 15) is 4.79 Å². The highest BCUT2D eigenvalue weighted by Gasteiger charge is 2.21. The smallest absolute Gasteiger partial charge is 0.182 e. The first-order valence-electron chi connectivity index (χ1n) is 10.4. The van der Waals surface area contributed by atoms with E-state index in [0.717, 1.165) is 35.1 Å². The lowest BCUT2D eigenvalue weighted by molar-refractivity contribution is 0.100. The molecule has 4 heteroatoms. The SMILES string of the molecule is O=C(CN(C1=NCCCS1)c1ccccc1)c1ccc(C2CCCCC2)cc1. The second-order valence-electron chi connectivity index (χ2n) is 7.67. The molecule has 0 spiro atoms. The van der Waals surface area contributed by atoms with Crippen LogP contribution in [0, 0.1) is 0 Å². The van der Waals surface area contributed by atoms with Crippen molar-refractivity contribution in [2.75, 3.05) is 23.7 Å². The average molecular weight is 393 g/mol. The van der Waals surface area contributed by atoms with Crippen LogP contribution in [-0.2, 0) is 0 Å². The molecule has 2 aromatic carbocycles. The van der Waals surface area contributed by atoms with Crippen LogP contribution in [-0.4, -0.2) is 29.8 Å². The molecule has 1 fully saturated rings. The van der Waals surface area contributed by atoms with E-state index in [4.69, 9.17) is 0 Å². The Morgan fingerprint density at radius 1 is 0.964 bits per heavy atom. The largest absolute Gasteiger partial charge is 0.313 e. The number of thioether (sulfide) groups is 1. The van der Waals surface area contributed by atoms with Gasteiger partial charge in [-0.15, -0.1) is 0 Å². The molecule has 1 saturated carbocycles. The molecule has 3 nitrogen and oxygen atoms in total. The first-order chi connectivity index (χ1) is 13.8. The molecule has 0 amide bonds. The number of carbonyl (C=O) groups is 1. The van der Waals surface area contributed by atoms with Crippen molar-refractivity contribution < 1.29 is 4.79 Å². The van der Waals surface area contributed by atoms with Crippen molar-refractivity contribution in [1.82, 2.24) is 0 Å². The molecule has 146 valence electrons. The Morgan fingerprint density at radius 2 is 1.71 bits per heavy atom. The normalized spacial score (nSPS) is 17.8. The van der Waals surface area contributed by atoms with Gasteiger partial charge in [0.05, 0.1) is 6.54 Å². The quantitative estimate of drug-likeness (QED) is 0.592. The van der Waals surface area contributed by atoms with E-state index >= 15 is 0 Å². The number of Topliss-reactive ketones (excluding diaryl/α,β-unsaturated/α-hetero) is 1. The minimum absolute atomic E-state index is 0.146. The van der Waals surface area contributed by atoms with Crippen LogP contribution in [0.3, 0.4) is 0 Å². The van der Waals surface area contributed by atoms with Crippen molar-refractivity contribution in [2.45, 2.75) is 44.4 Å². The Bertz CT molecular complexity index is 810. The van der Waals surface area contributed by atoms with Crippen LogP contribution in [0.2, 0.25) is 0 Å². The van der Waals surface area contributed by atoms with Gasteiger partial charge in [-0.2, -0.15) is 0 Å². The van der Waals surface area contributed by atoms with Crippen molar-refractivity contribution in [3.8, 4) is 0 Å². The summed E-state index contributed by atoms with van der Waals surface area (Å²) in [6.45, 7) is 1.18. The summed E-state index contributed by atoms with van der Waals surface area (Å²) in [5.74, 6) is 1.88. The maximum atomic E-state index is 13.1. The molecule has 2 aliphatic rings. The van der Waals surface area contributed by atoms with Gasteiger partial charge in [0, 0.05) is 23.5 Å². The maximum Gasteiger partial charge on any atom is 0.182 e. The molecule has 0 atom stereocenters. The van der Waals surface area contributed by atoms with Gasteiger partial charge < -0.3 is 4.90 Å². The van der Waals surface area contributed by atoms with Crippen molar-refractivity contribution >= 4 is 28.4 Å². The van der Waals surface area contributed by atoms with Crippen LogP contribution >= 0.6 is 11.8 Å². The maximum absolute atomic E-state index is 13.1. The Hall–Kier alpha value is -2.07. The Kier molecular flexibility index (Phi) is 6.48. The number of amidine groups is 1. The monoisotopic (exact) mass is 392 g/mol. The van der Waals surface area contributed by atoms with Gasteiger partial charge in [0.1, 0.15) is 0 Å². The zero-order chi connectivity index (χ0) is 19.2. The molecular formula is C24H28N2OS. The summed E-state index contributed by atoms with van der Waals surface area (Å²) in [5, 5.41) is 0.963. The number of ketones is 1. The second-order valence-corrected chi connectivity index (χ2v) is 8.73. The van der Waals surface area contributed by atoms with Crippen molar-refractivity contribution in [1.29, 1.82) is 0 Å². The zero-order valence-corrected chi connectivity index (χ0v) is 17.2. The summed E-state index contributed by atoms with van der Waals surface area (Å²) < 4.78 is 0. The van der Waals surface area contributed by atoms with E-state index < -0.39 is 0 Å². The molecule has 0 bridgehead atoms. The molecule has 4 rings (SSSR count). The van der Waals surface area contributed by atoms with Gasteiger partial charge in [-0.1, -0.05) is 73.5 Å². The third kappa shape index (κ3) is 4.67. The van der Waals surface area contributed by atoms with Crippen LogP contribution < -0.4 is 4.90 Å². The van der Waals surface area contributed by atoms with Gasteiger partial charge in [-0.25, -0.2) is 0 Å². The number of nitrogens with zero attached hydrogens (tertiary/aromatic N) is 2. The minimum Gasteiger partial charge on any atom is -0.313 e. The minimum atomic E-state index is 0.146. The summed E-state index contributed by atoms with van der Waals surface area (Å²) in [7, 11) is 0. The number of anilines is 1. The molecule has 2 aromatic rings. The highest BCUT2D eigenvalue weighted by molar-refractivity contribution is 8.14. The fourth-order valence-electron chi connectivity index (χ4n) is 4.10. The average Bonchev–Trinajstić information content (AvgIpc) is 2.79. The summed E-state index contributed by atoms with van der Waals surface area (Å²) in [5.41, 5.74) is 3.22. The first kappa shape index (κ1) is 19.3. The van der Waals surface area contributed by atoms with Crippen LogP contribution in [0.1, 0.15) is 60.4 Å². The fourth-order valence-corrected chi connectivity index (χ4v) is 5.07. The molecule has 28 heavy (non-hydrogen) atoms. The highest BCUT2D eigenvalue weighted by atomic mass is 32.2. The van der Waals surface area contributed by atoms with Crippen molar-refractivity contribution in [2.24, 2.45) is 4.99 Å². The van der Waals surface area contributed by atoms with E-state index in [1.807, 2.05) is 30.3 Å². The van der Waals surface area contributed by atoms with Gasteiger partial charge in [-0.05, 0) is 42.9 Å². The lowest BCUT2D eigenvalue weighted by Gasteiger charge is -2.27. The van der Waals surface area contributed by atoms with Gasteiger partial charge in [-0.3, -0.25) is 9.79 Å². The second kappa shape index (κ2) is 9.42. The van der Waals surface area contributed by atoms with E-state index in [-0.39, 0.29) is 5.78 Å².